The lowest BCUT2D eigenvalue weighted by Gasteiger charge is -2.14. The zero-order valence-electron chi connectivity index (χ0n) is 16.1. The van der Waals surface area contributed by atoms with E-state index in [4.69, 9.17) is 16.3 Å². The summed E-state index contributed by atoms with van der Waals surface area (Å²) in [5.74, 6) is 0.412. The number of ether oxygens (including phenoxy) is 1. The Morgan fingerprint density at radius 1 is 1.32 bits per heavy atom. The molecule has 2 heterocycles. The van der Waals surface area contributed by atoms with Crippen LogP contribution in [0.1, 0.15) is 32.1 Å². The second-order valence-electron chi connectivity index (χ2n) is 6.60. The van der Waals surface area contributed by atoms with Crippen molar-refractivity contribution in [1.82, 2.24) is 9.55 Å². The summed E-state index contributed by atoms with van der Waals surface area (Å²) in [6.45, 7) is 6.93. The number of para-hydroxylation sites is 1. The quantitative estimate of drug-likeness (QED) is 0.325. The van der Waals surface area contributed by atoms with Crippen LogP contribution in [0.3, 0.4) is 0 Å². The lowest BCUT2D eigenvalue weighted by Crippen LogP contribution is -2.25. The van der Waals surface area contributed by atoms with Crippen molar-refractivity contribution in [1.29, 1.82) is 0 Å². The highest BCUT2D eigenvalue weighted by Crippen LogP contribution is 2.22. The van der Waals surface area contributed by atoms with E-state index in [1.165, 1.54) is 11.3 Å². The van der Waals surface area contributed by atoms with Crippen molar-refractivity contribution < 1.29 is 4.74 Å². The average Bonchev–Trinajstić information content (AvgIpc) is 3.11. The van der Waals surface area contributed by atoms with E-state index in [1.807, 2.05) is 51.1 Å². The number of thiophene rings is 1. The van der Waals surface area contributed by atoms with Gasteiger partial charge in [0, 0.05) is 13.2 Å². The van der Waals surface area contributed by atoms with E-state index < -0.39 is 0 Å². The Morgan fingerprint density at radius 3 is 2.82 bits per heavy atom. The molecule has 3 rings (SSSR count). The van der Waals surface area contributed by atoms with Crippen LogP contribution in [-0.4, -0.2) is 28.0 Å². The van der Waals surface area contributed by atoms with Crippen LogP contribution >= 0.6 is 22.9 Å². The monoisotopic (exact) mass is 418 g/mol. The maximum Gasteiger partial charge on any atom is 0.262 e. The first kappa shape index (κ1) is 20.5. The van der Waals surface area contributed by atoms with Crippen LogP contribution in [0.15, 0.2) is 46.3 Å². The highest BCUT2D eigenvalue weighted by molar-refractivity contribution is 7.18. The van der Waals surface area contributed by atoms with E-state index >= 15 is 0 Å². The molecule has 0 unspecified atom stereocenters. The van der Waals surface area contributed by atoms with Crippen molar-refractivity contribution in [3.8, 4) is 0 Å². The first-order valence-electron chi connectivity index (χ1n) is 9.13. The molecule has 0 aliphatic heterocycles. The van der Waals surface area contributed by atoms with Crippen molar-refractivity contribution in [2.75, 3.05) is 12.0 Å². The fourth-order valence-corrected chi connectivity index (χ4v) is 3.69. The molecule has 148 valence electrons. The van der Waals surface area contributed by atoms with Gasteiger partial charge in [-0.15, -0.1) is 11.3 Å². The third kappa shape index (κ3) is 4.98. The molecule has 0 fully saturated rings. The van der Waals surface area contributed by atoms with E-state index in [1.54, 1.807) is 10.6 Å². The summed E-state index contributed by atoms with van der Waals surface area (Å²) >= 11 is 7.45. The van der Waals surface area contributed by atoms with Crippen LogP contribution in [-0.2, 0) is 11.3 Å². The molecule has 6 nitrogen and oxygen atoms in total. The third-order valence-corrected chi connectivity index (χ3v) is 5.43. The predicted molar refractivity (Wildman–Crippen MR) is 117 cm³/mol. The maximum absolute atomic E-state index is 13.0. The van der Waals surface area contributed by atoms with Crippen LogP contribution in [0, 0.1) is 0 Å². The Bertz CT molecular complexity index is 1040. The SMILES string of the molecule is C/C(=N/Nc1nc2ccccc2c(=O)n1CCCOC(C)C)c1ccc(Cl)s1. The van der Waals surface area contributed by atoms with Gasteiger partial charge < -0.3 is 4.74 Å². The van der Waals surface area contributed by atoms with Gasteiger partial charge in [0.2, 0.25) is 5.95 Å². The van der Waals surface area contributed by atoms with Gasteiger partial charge in [0.15, 0.2) is 0 Å². The predicted octanol–water partition coefficient (Wildman–Crippen LogP) is 4.76. The number of nitrogens with zero attached hydrogens (tertiary/aromatic N) is 3. The van der Waals surface area contributed by atoms with Gasteiger partial charge in [0.05, 0.1) is 31.9 Å². The van der Waals surface area contributed by atoms with Gasteiger partial charge in [0.25, 0.3) is 5.56 Å². The van der Waals surface area contributed by atoms with Crippen LogP contribution in [0.25, 0.3) is 10.9 Å². The van der Waals surface area contributed by atoms with Crippen molar-refractivity contribution in [2.24, 2.45) is 5.10 Å². The van der Waals surface area contributed by atoms with Crippen molar-refractivity contribution in [2.45, 2.75) is 39.8 Å². The number of anilines is 1. The number of rotatable bonds is 8. The molecule has 0 aliphatic carbocycles. The Hall–Kier alpha value is -2.22. The van der Waals surface area contributed by atoms with Crippen LogP contribution in [0.5, 0.6) is 0 Å². The molecule has 0 radical (unpaired) electrons. The van der Waals surface area contributed by atoms with Gasteiger partial charge in [-0.25, -0.2) is 10.4 Å². The molecule has 0 saturated carbocycles. The van der Waals surface area contributed by atoms with E-state index in [0.29, 0.717) is 40.8 Å². The largest absolute Gasteiger partial charge is 0.379 e. The zero-order valence-corrected chi connectivity index (χ0v) is 17.7. The normalized spacial score (nSPS) is 12.1. The summed E-state index contributed by atoms with van der Waals surface area (Å²) in [7, 11) is 0. The minimum atomic E-state index is -0.0929. The van der Waals surface area contributed by atoms with Crippen molar-refractivity contribution >= 4 is 45.5 Å². The van der Waals surface area contributed by atoms with E-state index in [-0.39, 0.29) is 11.7 Å². The number of nitrogens with one attached hydrogen (secondary N) is 1. The molecule has 0 spiro atoms. The third-order valence-electron chi connectivity index (χ3n) is 4.09. The molecule has 0 bridgehead atoms. The summed E-state index contributed by atoms with van der Waals surface area (Å²) < 4.78 is 7.91. The molecule has 1 aromatic carbocycles. The number of hydrogen-bond donors (Lipinski definition) is 1. The van der Waals surface area contributed by atoms with Crippen LogP contribution < -0.4 is 11.0 Å². The smallest absolute Gasteiger partial charge is 0.262 e. The molecule has 0 saturated heterocycles. The molecule has 8 heteroatoms. The Labute approximate surface area is 172 Å². The molecule has 0 amide bonds. The fourth-order valence-electron chi connectivity index (χ4n) is 2.70. The average molecular weight is 419 g/mol. The topological polar surface area (TPSA) is 68.5 Å². The lowest BCUT2D eigenvalue weighted by molar-refractivity contribution is 0.0748. The number of fused-ring (bicyclic) bond motifs is 1. The van der Waals surface area contributed by atoms with Gasteiger partial charge in [-0.2, -0.15) is 5.10 Å². The summed E-state index contributed by atoms with van der Waals surface area (Å²) in [5, 5.41) is 4.99. The minimum Gasteiger partial charge on any atom is -0.379 e. The van der Waals surface area contributed by atoms with Gasteiger partial charge in [-0.05, 0) is 51.5 Å². The summed E-state index contributed by atoms with van der Waals surface area (Å²) in [5.41, 5.74) is 4.28. The van der Waals surface area contributed by atoms with E-state index in [9.17, 15) is 4.79 Å². The lowest BCUT2D eigenvalue weighted by atomic mass is 10.2. The zero-order chi connectivity index (χ0) is 20.1. The molecular formula is C20H23ClN4O2S. The Kier molecular flexibility index (Phi) is 6.83. The molecule has 2 aromatic heterocycles. The molecule has 28 heavy (non-hydrogen) atoms. The fraction of sp³-hybridized carbons (Fsp3) is 0.350. The summed E-state index contributed by atoms with van der Waals surface area (Å²) in [6, 6.07) is 11.1. The molecule has 0 aliphatic rings. The molecule has 0 atom stereocenters. The second-order valence-corrected chi connectivity index (χ2v) is 8.31. The van der Waals surface area contributed by atoms with Crippen molar-refractivity contribution in [3.63, 3.8) is 0 Å². The number of hydrazone groups is 1. The Morgan fingerprint density at radius 2 is 2.11 bits per heavy atom. The van der Waals surface area contributed by atoms with E-state index in [2.05, 4.69) is 15.5 Å². The summed E-state index contributed by atoms with van der Waals surface area (Å²) in [6.07, 6.45) is 0.865. The highest BCUT2D eigenvalue weighted by atomic mass is 35.5. The van der Waals surface area contributed by atoms with Crippen molar-refractivity contribution in [3.05, 3.63) is 56.0 Å². The summed E-state index contributed by atoms with van der Waals surface area (Å²) in [4.78, 5) is 18.5. The Balaban J connectivity index is 1.90. The first-order valence-corrected chi connectivity index (χ1v) is 10.3. The van der Waals surface area contributed by atoms with Gasteiger partial charge in [0.1, 0.15) is 0 Å². The number of aromatic nitrogens is 2. The second kappa shape index (κ2) is 9.32. The van der Waals surface area contributed by atoms with Gasteiger partial charge >= 0.3 is 0 Å². The minimum absolute atomic E-state index is 0.0929. The number of halogens is 1. The van der Waals surface area contributed by atoms with Crippen LogP contribution in [0.4, 0.5) is 5.95 Å². The van der Waals surface area contributed by atoms with Gasteiger partial charge in [-0.3, -0.25) is 9.36 Å². The molecular weight excluding hydrogens is 396 g/mol. The first-order chi connectivity index (χ1) is 13.5. The molecule has 3 aromatic rings. The molecule has 1 N–H and O–H groups in total. The van der Waals surface area contributed by atoms with E-state index in [0.717, 1.165) is 10.6 Å². The standard InChI is InChI=1S/C20H23ClN4O2S/c1-13(2)27-12-6-11-25-19(26)15-7-4-5-8-16(15)22-20(25)24-23-14(3)17-9-10-18(21)28-17/h4-5,7-10,13H,6,11-12H2,1-3H3,(H,22,24)/b23-14-. The van der Waals surface area contributed by atoms with Crippen LogP contribution in [0.2, 0.25) is 4.34 Å². The number of hydrogen-bond acceptors (Lipinski definition) is 6. The maximum atomic E-state index is 13.0. The van der Waals surface area contributed by atoms with Gasteiger partial charge in [-0.1, -0.05) is 23.7 Å². The highest BCUT2D eigenvalue weighted by Gasteiger charge is 2.11. The number of benzene rings is 1.